The van der Waals surface area contributed by atoms with E-state index in [1.807, 2.05) is 22.7 Å². The lowest BCUT2D eigenvalue weighted by Crippen LogP contribution is -2.21. The van der Waals surface area contributed by atoms with Crippen LogP contribution < -0.4 is 10.5 Å². The molecule has 1 aromatic heterocycles. The summed E-state index contributed by atoms with van der Waals surface area (Å²) in [7, 11) is 1.95. The van der Waals surface area contributed by atoms with E-state index in [-0.39, 0.29) is 5.75 Å². The summed E-state index contributed by atoms with van der Waals surface area (Å²) in [6, 6.07) is 8.28. The fourth-order valence-corrected chi connectivity index (χ4v) is 2.94. The van der Waals surface area contributed by atoms with E-state index in [0.717, 1.165) is 23.5 Å². The number of nitrogens with two attached hydrogens (primary N) is 1. The molecule has 2 heterocycles. The number of hydrogen-bond acceptors (Lipinski definition) is 4. The first-order valence-electron chi connectivity index (χ1n) is 7.98. The van der Waals surface area contributed by atoms with Crippen LogP contribution in [0.15, 0.2) is 55.1 Å². The van der Waals surface area contributed by atoms with Gasteiger partial charge < -0.3 is 15.4 Å². The summed E-state index contributed by atoms with van der Waals surface area (Å²) in [5, 5.41) is 0. The summed E-state index contributed by atoms with van der Waals surface area (Å²) >= 11 is 0. The predicted octanol–water partition coefficient (Wildman–Crippen LogP) is 3.83. The van der Waals surface area contributed by atoms with Crippen LogP contribution in [0.1, 0.15) is 11.3 Å². The minimum Gasteiger partial charge on any atom is -0.454 e. The van der Waals surface area contributed by atoms with E-state index in [4.69, 9.17) is 10.5 Å². The normalized spacial score (nSPS) is 13.3. The Kier molecular flexibility index (Phi) is 3.84. The fourth-order valence-electron chi connectivity index (χ4n) is 2.94. The molecule has 1 aliphatic heterocycles. The summed E-state index contributed by atoms with van der Waals surface area (Å²) in [6.45, 7) is 0.717. The Morgan fingerprint density at radius 3 is 2.73 bits per heavy atom. The van der Waals surface area contributed by atoms with Gasteiger partial charge in [0.25, 0.3) is 0 Å². The molecule has 4 rings (SSSR count). The zero-order valence-electron chi connectivity index (χ0n) is 14.0. The number of benzene rings is 2. The standard InChI is InChI=1S/C19H16F2N4O/c1-24-9-14-8-23-11-25(14)17(10-24)15-7-13(22)3-5-18(15)26-19-4-2-12(20)6-16(19)21/h2-8,10-11H,9,22H2,1H3. The van der Waals surface area contributed by atoms with Crippen LogP contribution in [0.2, 0.25) is 0 Å². The van der Waals surface area contributed by atoms with Gasteiger partial charge in [-0.25, -0.2) is 13.8 Å². The van der Waals surface area contributed by atoms with Crippen molar-refractivity contribution in [1.82, 2.24) is 14.5 Å². The average Bonchev–Trinajstić information content (AvgIpc) is 3.06. The Morgan fingerprint density at radius 2 is 1.92 bits per heavy atom. The molecule has 0 radical (unpaired) electrons. The number of halogens is 2. The third-order valence-electron chi connectivity index (χ3n) is 4.12. The third-order valence-corrected chi connectivity index (χ3v) is 4.12. The molecule has 1 aliphatic rings. The zero-order valence-corrected chi connectivity index (χ0v) is 14.0. The van der Waals surface area contributed by atoms with Crippen molar-refractivity contribution in [2.75, 3.05) is 12.8 Å². The summed E-state index contributed by atoms with van der Waals surface area (Å²) in [6.07, 6.45) is 5.44. The van der Waals surface area contributed by atoms with Crippen molar-refractivity contribution < 1.29 is 13.5 Å². The number of hydrogen-bond donors (Lipinski definition) is 1. The highest BCUT2D eigenvalue weighted by atomic mass is 19.1. The Bertz CT molecular complexity index is 1010. The Hall–Kier alpha value is -3.35. The summed E-state index contributed by atoms with van der Waals surface area (Å²) in [5.74, 6) is -1.09. The molecule has 5 nitrogen and oxygen atoms in total. The second-order valence-electron chi connectivity index (χ2n) is 6.12. The molecule has 0 amide bonds. The van der Waals surface area contributed by atoms with Crippen LogP contribution in [0.5, 0.6) is 11.5 Å². The van der Waals surface area contributed by atoms with Gasteiger partial charge in [-0.2, -0.15) is 0 Å². The topological polar surface area (TPSA) is 56.3 Å². The Labute approximate surface area is 148 Å². The van der Waals surface area contributed by atoms with Gasteiger partial charge in [0.2, 0.25) is 0 Å². The zero-order chi connectivity index (χ0) is 18.3. The molecule has 2 aromatic carbocycles. The van der Waals surface area contributed by atoms with Crippen LogP contribution in [0.3, 0.4) is 0 Å². The van der Waals surface area contributed by atoms with Crippen molar-refractivity contribution in [2.45, 2.75) is 6.54 Å². The second-order valence-corrected chi connectivity index (χ2v) is 6.12. The molecule has 0 bridgehead atoms. The van der Waals surface area contributed by atoms with Gasteiger partial charge in [0, 0.05) is 30.6 Å². The maximum Gasteiger partial charge on any atom is 0.168 e. The van der Waals surface area contributed by atoms with Gasteiger partial charge in [0.05, 0.1) is 30.5 Å². The van der Waals surface area contributed by atoms with Gasteiger partial charge in [-0.15, -0.1) is 0 Å². The van der Waals surface area contributed by atoms with Gasteiger partial charge in [-0.05, 0) is 30.3 Å². The van der Waals surface area contributed by atoms with E-state index in [2.05, 4.69) is 4.98 Å². The van der Waals surface area contributed by atoms with Crippen LogP contribution in [-0.2, 0) is 6.54 Å². The molecular formula is C19H16F2N4O. The number of nitrogens with zero attached hydrogens (tertiary/aromatic N) is 3. The van der Waals surface area contributed by atoms with Gasteiger partial charge >= 0.3 is 0 Å². The van der Waals surface area contributed by atoms with Crippen molar-refractivity contribution in [3.05, 3.63) is 78.0 Å². The Morgan fingerprint density at radius 1 is 1.12 bits per heavy atom. The molecule has 0 fully saturated rings. The van der Waals surface area contributed by atoms with Crippen molar-refractivity contribution in [1.29, 1.82) is 0 Å². The molecule has 0 atom stereocenters. The van der Waals surface area contributed by atoms with E-state index in [1.165, 1.54) is 6.07 Å². The van der Waals surface area contributed by atoms with Crippen molar-refractivity contribution in [3.63, 3.8) is 0 Å². The first kappa shape index (κ1) is 16.1. The summed E-state index contributed by atoms with van der Waals surface area (Å²) in [4.78, 5) is 6.21. The number of nitrogen functional groups attached to an aromatic ring is 1. The third kappa shape index (κ3) is 2.88. The number of ether oxygens (including phenoxy) is 1. The molecule has 2 N–H and O–H groups in total. The first-order chi connectivity index (χ1) is 12.5. The number of imidazole rings is 1. The van der Waals surface area contributed by atoms with E-state index < -0.39 is 11.6 Å². The van der Waals surface area contributed by atoms with Crippen molar-refractivity contribution in [2.24, 2.45) is 0 Å². The summed E-state index contributed by atoms with van der Waals surface area (Å²) < 4.78 is 34.8. The van der Waals surface area contributed by atoms with Crippen molar-refractivity contribution >= 4 is 11.4 Å². The van der Waals surface area contributed by atoms with Gasteiger partial charge in [-0.3, -0.25) is 4.57 Å². The number of aromatic nitrogens is 2. The molecule has 7 heteroatoms. The van der Waals surface area contributed by atoms with E-state index in [1.54, 1.807) is 30.7 Å². The molecule has 0 unspecified atom stereocenters. The van der Waals surface area contributed by atoms with E-state index in [9.17, 15) is 8.78 Å². The summed E-state index contributed by atoms with van der Waals surface area (Å²) in [5.41, 5.74) is 8.99. The van der Waals surface area contributed by atoms with Crippen LogP contribution in [0.4, 0.5) is 14.5 Å². The molecule has 0 aliphatic carbocycles. The molecule has 0 saturated carbocycles. The lowest BCUT2D eigenvalue weighted by molar-refractivity contribution is 0.423. The average molecular weight is 354 g/mol. The van der Waals surface area contributed by atoms with Crippen LogP contribution in [-0.4, -0.2) is 21.5 Å². The second kappa shape index (κ2) is 6.18. The van der Waals surface area contributed by atoms with Crippen molar-refractivity contribution in [3.8, 4) is 11.5 Å². The van der Waals surface area contributed by atoms with Gasteiger partial charge in [-0.1, -0.05) is 0 Å². The predicted molar refractivity (Wildman–Crippen MR) is 94.4 cm³/mol. The van der Waals surface area contributed by atoms with Gasteiger partial charge in [0.1, 0.15) is 11.6 Å². The van der Waals surface area contributed by atoms with Crippen LogP contribution in [0.25, 0.3) is 5.70 Å². The largest absolute Gasteiger partial charge is 0.454 e. The Balaban J connectivity index is 1.81. The lowest BCUT2D eigenvalue weighted by atomic mass is 10.1. The van der Waals surface area contributed by atoms with E-state index in [0.29, 0.717) is 23.5 Å². The molecule has 0 saturated heterocycles. The number of fused-ring (bicyclic) bond motifs is 1. The van der Waals surface area contributed by atoms with E-state index >= 15 is 0 Å². The highest BCUT2D eigenvalue weighted by Crippen LogP contribution is 2.36. The minimum atomic E-state index is -0.772. The van der Waals surface area contributed by atoms with Crippen LogP contribution >= 0.6 is 0 Å². The molecule has 3 aromatic rings. The van der Waals surface area contributed by atoms with Crippen LogP contribution in [0, 0.1) is 11.6 Å². The monoisotopic (exact) mass is 354 g/mol. The maximum absolute atomic E-state index is 14.0. The molecular weight excluding hydrogens is 338 g/mol. The quantitative estimate of drug-likeness (QED) is 0.727. The SMILES string of the molecule is CN1C=C(c2cc(N)ccc2Oc2ccc(F)cc2F)n2cncc2C1. The lowest BCUT2D eigenvalue weighted by Gasteiger charge is -2.26. The fraction of sp³-hybridized carbons (Fsp3) is 0.105. The highest BCUT2D eigenvalue weighted by Gasteiger charge is 2.20. The molecule has 26 heavy (non-hydrogen) atoms. The minimum absolute atomic E-state index is 0.0620. The number of anilines is 1. The van der Waals surface area contributed by atoms with Gasteiger partial charge in [0.15, 0.2) is 11.6 Å². The molecule has 0 spiro atoms. The smallest absolute Gasteiger partial charge is 0.168 e. The first-order valence-corrected chi connectivity index (χ1v) is 7.98. The number of rotatable bonds is 3. The molecule has 132 valence electrons. The maximum atomic E-state index is 14.0. The highest BCUT2D eigenvalue weighted by molar-refractivity contribution is 5.74.